The highest BCUT2D eigenvalue weighted by molar-refractivity contribution is 14.1. The summed E-state index contributed by atoms with van der Waals surface area (Å²) in [6.07, 6.45) is 0. The van der Waals surface area contributed by atoms with E-state index in [1.165, 1.54) is 10.6 Å². The van der Waals surface area contributed by atoms with Gasteiger partial charge in [0.25, 0.3) is 0 Å². The van der Waals surface area contributed by atoms with Crippen LogP contribution in [0.15, 0.2) is 0 Å². The number of hydrogen-bond acceptors (Lipinski definition) is 2. The standard InChI is InChI=1S/C7H10INS/c1-4(2)6-5(3)9-7(8)10-6/h4H,1-3H3. The topological polar surface area (TPSA) is 12.9 Å². The molecule has 1 aromatic rings. The van der Waals surface area contributed by atoms with Crippen molar-refractivity contribution in [1.29, 1.82) is 0 Å². The first kappa shape index (κ1) is 8.46. The molecule has 1 rings (SSSR count). The minimum Gasteiger partial charge on any atom is -0.235 e. The molecule has 0 aromatic carbocycles. The third-order valence-corrected chi connectivity index (χ3v) is 3.48. The molecule has 1 nitrogen and oxygen atoms in total. The third-order valence-electron chi connectivity index (χ3n) is 1.33. The highest BCUT2D eigenvalue weighted by Gasteiger charge is 2.07. The van der Waals surface area contributed by atoms with Crippen molar-refractivity contribution in [2.24, 2.45) is 0 Å². The zero-order chi connectivity index (χ0) is 7.72. The van der Waals surface area contributed by atoms with Crippen LogP contribution in [0.25, 0.3) is 0 Å². The second-order valence-electron chi connectivity index (χ2n) is 2.57. The van der Waals surface area contributed by atoms with Crippen LogP contribution in [0.3, 0.4) is 0 Å². The molecule has 0 saturated carbocycles. The summed E-state index contributed by atoms with van der Waals surface area (Å²) < 4.78 is 1.15. The second-order valence-corrected chi connectivity index (χ2v) is 5.36. The molecule has 3 heteroatoms. The molecule has 56 valence electrons. The Balaban J connectivity index is 3.03. The van der Waals surface area contributed by atoms with Gasteiger partial charge in [0.1, 0.15) is 0 Å². The van der Waals surface area contributed by atoms with Crippen molar-refractivity contribution >= 4 is 33.9 Å². The smallest absolute Gasteiger partial charge is 0.154 e. The van der Waals surface area contributed by atoms with Crippen LogP contribution >= 0.6 is 33.9 Å². The lowest BCUT2D eigenvalue weighted by Crippen LogP contribution is -1.84. The van der Waals surface area contributed by atoms with E-state index in [4.69, 9.17) is 0 Å². The van der Waals surface area contributed by atoms with E-state index in [0.29, 0.717) is 5.92 Å². The first-order valence-corrected chi connectivity index (χ1v) is 5.13. The van der Waals surface area contributed by atoms with Crippen molar-refractivity contribution in [2.75, 3.05) is 0 Å². The SMILES string of the molecule is Cc1nc(I)sc1C(C)C. The Morgan fingerprint density at radius 3 is 2.30 bits per heavy atom. The molecule has 0 atom stereocenters. The van der Waals surface area contributed by atoms with Gasteiger partial charge >= 0.3 is 0 Å². The lowest BCUT2D eigenvalue weighted by Gasteiger charge is -1.98. The monoisotopic (exact) mass is 267 g/mol. The molecule has 10 heavy (non-hydrogen) atoms. The van der Waals surface area contributed by atoms with Gasteiger partial charge in [-0.3, -0.25) is 0 Å². The Kier molecular flexibility index (Phi) is 2.68. The maximum Gasteiger partial charge on any atom is 0.154 e. The van der Waals surface area contributed by atoms with Crippen LogP contribution < -0.4 is 0 Å². The van der Waals surface area contributed by atoms with Crippen molar-refractivity contribution in [3.05, 3.63) is 13.6 Å². The van der Waals surface area contributed by atoms with Gasteiger partial charge in [-0.15, -0.1) is 11.3 Å². The summed E-state index contributed by atoms with van der Waals surface area (Å²) in [5.41, 5.74) is 1.20. The number of thiazole rings is 1. The Labute approximate surface area is 79.0 Å². The largest absolute Gasteiger partial charge is 0.235 e. The Bertz CT molecular complexity index is 230. The zero-order valence-corrected chi connectivity index (χ0v) is 9.28. The summed E-state index contributed by atoms with van der Waals surface area (Å²) >= 11 is 4.07. The van der Waals surface area contributed by atoms with Crippen molar-refractivity contribution < 1.29 is 0 Å². The number of hydrogen-bond donors (Lipinski definition) is 0. The molecule has 1 heterocycles. The Morgan fingerprint density at radius 1 is 1.50 bits per heavy atom. The van der Waals surface area contributed by atoms with Gasteiger partial charge in [-0.2, -0.15) is 0 Å². The maximum absolute atomic E-state index is 4.34. The summed E-state index contributed by atoms with van der Waals surface area (Å²) in [4.78, 5) is 5.76. The quantitative estimate of drug-likeness (QED) is 0.712. The highest BCUT2D eigenvalue weighted by Crippen LogP contribution is 2.26. The fourth-order valence-electron chi connectivity index (χ4n) is 0.910. The van der Waals surface area contributed by atoms with Crippen LogP contribution in [0, 0.1) is 9.94 Å². The molecular weight excluding hydrogens is 257 g/mol. The molecule has 0 bridgehead atoms. The van der Waals surface area contributed by atoms with Crippen LogP contribution in [-0.4, -0.2) is 4.98 Å². The van der Waals surface area contributed by atoms with Crippen molar-refractivity contribution in [3.63, 3.8) is 0 Å². The van der Waals surface area contributed by atoms with E-state index >= 15 is 0 Å². The molecule has 0 radical (unpaired) electrons. The predicted molar refractivity (Wildman–Crippen MR) is 53.7 cm³/mol. The molecule has 0 spiro atoms. The Hall–Kier alpha value is 0.360. The molecule has 0 aliphatic rings. The van der Waals surface area contributed by atoms with E-state index in [1.807, 2.05) is 0 Å². The van der Waals surface area contributed by atoms with Gasteiger partial charge in [0.15, 0.2) is 3.01 Å². The van der Waals surface area contributed by atoms with Crippen LogP contribution in [0.1, 0.15) is 30.3 Å². The number of halogens is 1. The lowest BCUT2D eigenvalue weighted by molar-refractivity contribution is 0.873. The molecule has 0 aliphatic heterocycles. The van der Waals surface area contributed by atoms with Crippen LogP contribution in [-0.2, 0) is 0 Å². The molecule has 0 saturated heterocycles. The highest BCUT2D eigenvalue weighted by atomic mass is 127. The fourth-order valence-corrected chi connectivity index (χ4v) is 2.78. The summed E-state index contributed by atoms with van der Waals surface area (Å²) in [5.74, 6) is 0.626. The predicted octanol–water partition coefficient (Wildman–Crippen LogP) is 3.18. The second kappa shape index (κ2) is 3.17. The van der Waals surface area contributed by atoms with E-state index in [1.54, 1.807) is 11.3 Å². The molecule has 1 aromatic heterocycles. The average molecular weight is 267 g/mol. The summed E-state index contributed by atoms with van der Waals surface area (Å²) in [6, 6.07) is 0. The van der Waals surface area contributed by atoms with Gasteiger partial charge < -0.3 is 0 Å². The fraction of sp³-hybridized carbons (Fsp3) is 0.571. The number of nitrogens with zero attached hydrogens (tertiary/aromatic N) is 1. The first-order chi connectivity index (χ1) is 4.61. The minimum atomic E-state index is 0.626. The summed E-state index contributed by atoms with van der Waals surface area (Å²) in [7, 11) is 0. The number of aryl methyl sites for hydroxylation is 1. The summed E-state index contributed by atoms with van der Waals surface area (Å²) in [6.45, 7) is 6.49. The minimum absolute atomic E-state index is 0.626. The van der Waals surface area contributed by atoms with Crippen molar-refractivity contribution in [3.8, 4) is 0 Å². The lowest BCUT2D eigenvalue weighted by atomic mass is 10.1. The summed E-state index contributed by atoms with van der Waals surface area (Å²) in [5, 5.41) is 0. The van der Waals surface area contributed by atoms with Gasteiger partial charge in [-0.05, 0) is 35.4 Å². The van der Waals surface area contributed by atoms with E-state index < -0.39 is 0 Å². The maximum atomic E-state index is 4.34. The van der Waals surface area contributed by atoms with Crippen molar-refractivity contribution in [1.82, 2.24) is 4.98 Å². The van der Waals surface area contributed by atoms with Gasteiger partial charge in [0, 0.05) is 4.88 Å². The number of aromatic nitrogens is 1. The third kappa shape index (κ3) is 1.69. The van der Waals surface area contributed by atoms with E-state index in [0.717, 1.165) is 3.01 Å². The van der Waals surface area contributed by atoms with Gasteiger partial charge in [0.05, 0.1) is 5.69 Å². The Morgan fingerprint density at radius 2 is 2.10 bits per heavy atom. The van der Waals surface area contributed by atoms with Crippen molar-refractivity contribution in [2.45, 2.75) is 26.7 Å². The van der Waals surface area contributed by atoms with Gasteiger partial charge in [0.2, 0.25) is 0 Å². The molecule has 0 unspecified atom stereocenters. The zero-order valence-electron chi connectivity index (χ0n) is 6.31. The molecular formula is C7H10INS. The molecule has 0 fully saturated rings. The van der Waals surface area contributed by atoms with Crippen LogP contribution in [0.2, 0.25) is 0 Å². The van der Waals surface area contributed by atoms with E-state index in [2.05, 4.69) is 48.3 Å². The molecule has 0 aliphatic carbocycles. The average Bonchev–Trinajstić information content (AvgIpc) is 2.10. The first-order valence-electron chi connectivity index (χ1n) is 3.24. The van der Waals surface area contributed by atoms with Crippen LogP contribution in [0.4, 0.5) is 0 Å². The molecule has 0 N–H and O–H groups in total. The van der Waals surface area contributed by atoms with Gasteiger partial charge in [-0.1, -0.05) is 13.8 Å². The normalized spacial score (nSPS) is 10.9. The van der Waals surface area contributed by atoms with Gasteiger partial charge in [-0.25, -0.2) is 4.98 Å². The molecule has 0 amide bonds. The van der Waals surface area contributed by atoms with E-state index in [-0.39, 0.29) is 0 Å². The van der Waals surface area contributed by atoms with Crippen LogP contribution in [0.5, 0.6) is 0 Å². The number of rotatable bonds is 1. The van der Waals surface area contributed by atoms with E-state index in [9.17, 15) is 0 Å².